The third-order valence-electron chi connectivity index (χ3n) is 3.17. The fourth-order valence-corrected chi connectivity index (χ4v) is 1.88. The smallest absolute Gasteiger partial charge is 0.309 e. The Labute approximate surface area is 115 Å². The van der Waals surface area contributed by atoms with Crippen molar-refractivity contribution in [3.63, 3.8) is 0 Å². The Kier molecular flexibility index (Phi) is 3.41. The van der Waals surface area contributed by atoms with Gasteiger partial charge >= 0.3 is 11.8 Å². The first-order chi connectivity index (χ1) is 9.78. The lowest BCUT2D eigenvalue weighted by atomic mass is 10.2. The number of nitrogens with zero attached hydrogens (tertiary/aromatic N) is 4. The summed E-state index contributed by atoms with van der Waals surface area (Å²) in [4.78, 5) is 20.4. The first-order valence-electron chi connectivity index (χ1n) is 6.69. The van der Waals surface area contributed by atoms with Crippen molar-refractivity contribution in [2.24, 2.45) is 0 Å². The topological polar surface area (TPSA) is 93.8 Å². The maximum Gasteiger partial charge on any atom is 0.309 e. The average molecular weight is 273 g/mol. The van der Waals surface area contributed by atoms with Gasteiger partial charge in [-0.15, -0.1) is 10.2 Å². The van der Waals surface area contributed by atoms with E-state index in [0.29, 0.717) is 24.1 Å². The molecule has 0 aliphatic heterocycles. The minimum absolute atomic E-state index is 0.00119. The van der Waals surface area contributed by atoms with Gasteiger partial charge in [-0.3, -0.25) is 4.79 Å². The Hall–Kier alpha value is -2.31. The van der Waals surface area contributed by atoms with Crippen LogP contribution in [0, 0.1) is 0 Å². The molecule has 0 spiro atoms. The van der Waals surface area contributed by atoms with Crippen molar-refractivity contribution in [2.45, 2.75) is 38.1 Å². The van der Waals surface area contributed by atoms with Gasteiger partial charge in [-0.1, -0.05) is 6.92 Å². The molecule has 1 aliphatic rings. The Bertz CT molecular complexity index is 594. The molecule has 1 N–H and O–H groups in total. The molecule has 7 nitrogen and oxygen atoms in total. The molecule has 0 bridgehead atoms. The second-order valence-corrected chi connectivity index (χ2v) is 4.76. The molecule has 2 heterocycles. The lowest BCUT2D eigenvalue weighted by Gasteiger charge is -2.13. The molecule has 1 unspecified atom stereocenters. The van der Waals surface area contributed by atoms with Crippen LogP contribution in [0.2, 0.25) is 0 Å². The summed E-state index contributed by atoms with van der Waals surface area (Å²) in [6.07, 6.45) is 6.08. The third-order valence-corrected chi connectivity index (χ3v) is 3.17. The summed E-state index contributed by atoms with van der Waals surface area (Å²) in [5.41, 5.74) is 0. The van der Waals surface area contributed by atoms with Gasteiger partial charge in [-0.25, -0.2) is 9.97 Å². The monoisotopic (exact) mass is 273 g/mol. The molecule has 0 saturated heterocycles. The van der Waals surface area contributed by atoms with Crippen LogP contribution >= 0.6 is 0 Å². The number of hydrogen-bond acceptors (Lipinski definition) is 6. The number of nitrogens with one attached hydrogen (secondary N) is 1. The molecule has 1 atom stereocenters. The highest BCUT2D eigenvalue weighted by atomic mass is 16.4. The van der Waals surface area contributed by atoms with Crippen LogP contribution in [0.3, 0.4) is 0 Å². The number of amides is 1. The Morgan fingerprint density at radius 3 is 2.80 bits per heavy atom. The van der Waals surface area contributed by atoms with E-state index < -0.39 is 0 Å². The average Bonchev–Trinajstić information content (AvgIpc) is 3.22. The van der Waals surface area contributed by atoms with Gasteiger partial charge in [0.1, 0.15) is 5.82 Å². The summed E-state index contributed by atoms with van der Waals surface area (Å²) < 4.78 is 5.38. The highest BCUT2D eigenvalue weighted by Gasteiger charge is 2.30. The van der Waals surface area contributed by atoms with Crippen LogP contribution in [0.5, 0.6) is 0 Å². The normalized spacial score (nSPS) is 15.8. The molecule has 2 aromatic rings. The van der Waals surface area contributed by atoms with E-state index in [1.165, 1.54) is 0 Å². The van der Waals surface area contributed by atoms with E-state index in [1.807, 2.05) is 6.92 Å². The van der Waals surface area contributed by atoms with Crippen LogP contribution in [0.1, 0.15) is 60.5 Å². The van der Waals surface area contributed by atoms with Gasteiger partial charge in [0.2, 0.25) is 5.89 Å². The number of aromatic nitrogens is 4. The minimum atomic E-state index is -0.385. The van der Waals surface area contributed by atoms with Gasteiger partial charge in [-0.05, 0) is 25.3 Å². The van der Waals surface area contributed by atoms with Gasteiger partial charge < -0.3 is 9.73 Å². The van der Waals surface area contributed by atoms with Crippen LogP contribution in [0.25, 0.3) is 0 Å². The van der Waals surface area contributed by atoms with E-state index in [4.69, 9.17) is 4.42 Å². The summed E-state index contributed by atoms with van der Waals surface area (Å²) in [5, 5.41) is 10.5. The van der Waals surface area contributed by atoms with E-state index >= 15 is 0 Å². The summed E-state index contributed by atoms with van der Waals surface area (Å²) in [5.74, 6) is 1.08. The predicted molar refractivity (Wildman–Crippen MR) is 68.8 cm³/mol. The maximum absolute atomic E-state index is 12.1. The molecule has 0 aromatic carbocycles. The van der Waals surface area contributed by atoms with Crippen molar-refractivity contribution in [2.75, 3.05) is 0 Å². The second-order valence-electron chi connectivity index (χ2n) is 4.76. The fraction of sp³-hybridized carbons (Fsp3) is 0.462. The zero-order valence-electron chi connectivity index (χ0n) is 11.1. The van der Waals surface area contributed by atoms with Crippen molar-refractivity contribution in [3.05, 3.63) is 36.1 Å². The quantitative estimate of drug-likeness (QED) is 0.889. The predicted octanol–water partition coefficient (Wildman–Crippen LogP) is 1.62. The molecule has 1 amide bonds. The van der Waals surface area contributed by atoms with Gasteiger partial charge in [0.25, 0.3) is 0 Å². The summed E-state index contributed by atoms with van der Waals surface area (Å²) in [6.45, 7) is 1.95. The standard InChI is InChI=1S/C13H15N5O2/c1-2-9(10-14-6-3-7-15-10)16-11(19)13-18-17-12(20-13)8-4-5-8/h3,6-9H,2,4-5H2,1H3,(H,16,19). The summed E-state index contributed by atoms with van der Waals surface area (Å²) in [7, 11) is 0. The molecule has 0 radical (unpaired) electrons. The molecule has 1 aliphatic carbocycles. The maximum atomic E-state index is 12.1. The van der Waals surface area contributed by atoms with Crippen LogP contribution in [-0.4, -0.2) is 26.1 Å². The summed E-state index contributed by atoms with van der Waals surface area (Å²) >= 11 is 0. The second kappa shape index (κ2) is 5.36. The van der Waals surface area contributed by atoms with Crippen molar-refractivity contribution in [1.29, 1.82) is 0 Å². The highest BCUT2D eigenvalue weighted by Crippen LogP contribution is 2.38. The largest absolute Gasteiger partial charge is 0.417 e. The molecular weight excluding hydrogens is 258 g/mol. The van der Waals surface area contributed by atoms with Crippen molar-refractivity contribution in [1.82, 2.24) is 25.5 Å². The number of carbonyl (C=O) groups is 1. The van der Waals surface area contributed by atoms with Crippen LogP contribution < -0.4 is 5.32 Å². The molecular formula is C13H15N5O2. The Morgan fingerprint density at radius 1 is 1.40 bits per heavy atom. The van der Waals surface area contributed by atoms with Crippen molar-refractivity contribution in [3.8, 4) is 0 Å². The summed E-state index contributed by atoms with van der Waals surface area (Å²) in [6, 6.07) is 1.47. The molecule has 3 rings (SSSR count). The Balaban J connectivity index is 1.70. The molecule has 1 saturated carbocycles. The number of rotatable bonds is 5. The lowest BCUT2D eigenvalue weighted by Crippen LogP contribution is -2.29. The molecule has 1 fully saturated rings. The molecule has 2 aromatic heterocycles. The van der Waals surface area contributed by atoms with Crippen molar-refractivity contribution >= 4 is 5.91 Å². The van der Waals surface area contributed by atoms with Crippen LogP contribution in [-0.2, 0) is 0 Å². The Morgan fingerprint density at radius 2 is 2.15 bits per heavy atom. The lowest BCUT2D eigenvalue weighted by molar-refractivity contribution is 0.0896. The minimum Gasteiger partial charge on any atom is -0.417 e. The van der Waals surface area contributed by atoms with Crippen LogP contribution in [0.15, 0.2) is 22.9 Å². The number of carbonyl (C=O) groups excluding carboxylic acids is 1. The first-order valence-corrected chi connectivity index (χ1v) is 6.69. The zero-order valence-corrected chi connectivity index (χ0v) is 11.1. The van der Waals surface area contributed by atoms with E-state index in [9.17, 15) is 4.79 Å². The molecule has 104 valence electrons. The van der Waals surface area contributed by atoms with Gasteiger partial charge in [0, 0.05) is 18.3 Å². The fourth-order valence-electron chi connectivity index (χ4n) is 1.88. The van der Waals surface area contributed by atoms with Gasteiger partial charge in [0.15, 0.2) is 0 Å². The first kappa shape index (κ1) is 12.7. The van der Waals surface area contributed by atoms with Crippen molar-refractivity contribution < 1.29 is 9.21 Å². The SMILES string of the molecule is CCC(NC(=O)c1nnc(C2CC2)o1)c1ncccn1. The number of hydrogen-bond donors (Lipinski definition) is 1. The van der Waals surface area contributed by atoms with E-state index in [1.54, 1.807) is 18.5 Å². The zero-order chi connectivity index (χ0) is 13.9. The molecule has 7 heteroatoms. The van der Waals surface area contributed by atoms with E-state index in [0.717, 1.165) is 12.8 Å². The molecule has 20 heavy (non-hydrogen) atoms. The third kappa shape index (κ3) is 2.66. The highest BCUT2D eigenvalue weighted by molar-refractivity contribution is 5.89. The van der Waals surface area contributed by atoms with E-state index in [-0.39, 0.29) is 17.8 Å². The van der Waals surface area contributed by atoms with E-state index in [2.05, 4.69) is 25.5 Å². The van der Waals surface area contributed by atoms with Gasteiger partial charge in [0.05, 0.1) is 6.04 Å². The van der Waals surface area contributed by atoms with Crippen LogP contribution in [0.4, 0.5) is 0 Å². The van der Waals surface area contributed by atoms with Gasteiger partial charge in [-0.2, -0.15) is 0 Å².